The Morgan fingerprint density at radius 1 is 1.44 bits per heavy atom. The van der Waals surface area contributed by atoms with Crippen LogP contribution in [0, 0.1) is 11.7 Å². The van der Waals surface area contributed by atoms with E-state index in [9.17, 15) is 9.18 Å². The SMILES string of the molecule is CC(C)C(=O)CN(C)Cc1cccc(F)c1. The third-order valence-corrected chi connectivity index (χ3v) is 2.41. The van der Waals surface area contributed by atoms with Gasteiger partial charge in [0.2, 0.25) is 0 Å². The van der Waals surface area contributed by atoms with Gasteiger partial charge in [0, 0.05) is 12.5 Å². The van der Waals surface area contributed by atoms with Crippen molar-refractivity contribution in [3.63, 3.8) is 0 Å². The first kappa shape index (κ1) is 12.8. The molecule has 0 saturated heterocycles. The van der Waals surface area contributed by atoms with E-state index in [4.69, 9.17) is 0 Å². The Balaban J connectivity index is 2.51. The van der Waals surface area contributed by atoms with Crippen LogP contribution in [0.25, 0.3) is 0 Å². The Kier molecular flexibility index (Phi) is 4.62. The maximum atomic E-state index is 12.9. The van der Waals surface area contributed by atoms with E-state index in [1.54, 1.807) is 6.07 Å². The molecule has 0 heterocycles. The first-order valence-corrected chi connectivity index (χ1v) is 5.44. The van der Waals surface area contributed by atoms with E-state index in [1.807, 2.05) is 31.9 Å². The monoisotopic (exact) mass is 223 g/mol. The molecule has 3 heteroatoms. The lowest BCUT2D eigenvalue weighted by atomic mass is 10.1. The number of ketones is 1. The van der Waals surface area contributed by atoms with Gasteiger partial charge in [0.15, 0.2) is 0 Å². The molecule has 16 heavy (non-hydrogen) atoms. The van der Waals surface area contributed by atoms with Crippen LogP contribution in [0.4, 0.5) is 4.39 Å². The van der Waals surface area contributed by atoms with Crippen molar-refractivity contribution in [3.05, 3.63) is 35.6 Å². The van der Waals surface area contributed by atoms with Crippen LogP contribution >= 0.6 is 0 Å². The van der Waals surface area contributed by atoms with E-state index in [0.717, 1.165) is 5.56 Å². The van der Waals surface area contributed by atoms with Crippen molar-refractivity contribution in [2.45, 2.75) is 20.4 Å². The Bertz CT molecular complexity index is 363. The van der Waals surface area contributed by atoms with Crippen molar-refractivity contribution in [1.29, 1.82) is 0 Å². The van der Waals surface area contributed by atoms with Crippen molar-refractivity contribution in [3.8, 4) is 0 Å². The van der Waals surface area contributed by atoms with E-state index in [-0.39, 0.29) is 17.5 Å². The van der Waals surface area contributed by atoms with Gasteiger partial charge < -0.3 is 0 Å². The maximum absolute atomic E-state index is 12.9. The highest BCUT2D eigenvalue weighted by molar-refractivity contribution is 5.82. The van der Waals surface area contributed by atoms with E-state index >= 15 is 0 Å². The molecule has 0 bridgehead atoms. The number of halogens is 1. The van der Waals surface area contributed by atoms with Gasteiger partial charge in [-0.25, -0.2) is 4.39 Å². The molecular formula is C13H18FNO. The summed E-state index contributed by atoms with van der Waals surface area (Å²) in [6.45, 7) is 4.78. The van der Waals surface area contributed by atoms with E-state index in [2.05, 4.69) is 0 Å². The van der Waals surface area contributed by atoms with Crippen LogP contribution in [-0.4, -0.2) is 24.3 Å². The van der Waals surface area contributed by atoms with E-state index in [0.29, 0.717) is 13.1 Å². The van der Waals surface area contributed by atoms with Crippen molar-refractivity contribution in [2.24, 2.45) is 5.92 Å². The van der Waals surface area contributed by atoms with Gasteiger partial charge in [-0.1, -0.05) is 26.0 Å². The normalized spacial score (nSPS) is 11.1. The number of carbonyl (C=O) groups excluding carboxylic acids is 1. The molecule has 1 aromatic carbocycles. The fraction of sp³-hybridized carbons (Fsp3) is 0.462. The number of likely N-dealkylation sites (N-methyl/N-ethyl adjacent to an activating group) is 1. The van der Waals surface area contributed by atoms with Crippen molar-refractivity contribution < 1.29 is 9.18 Å². The summed E-state index contributed by atoms with van der Waals surface area (Å²) in [5.74, 6) is 0.0231. The largest absolute Gasteiger partial charge is 0.298 e. The van der Waals surface area contributed by atoms with Gasteiger partial charge in [0.25, 0.3) is 0 Å². The summed E-state index contributed by atoms with van der Waals surface area (Å²) in [6, 6.07) is 6.46. The number of Topliss-reactive ketones (excluding diaryl/α,β-unsaturated/α-hetero) is 1. The number of benzene rings is 1. The van der Waals surface area contributed by atoms with Crippen molar-refractivity contribution >= 4 is 5.78 Å². The zero-order chi connectivity index (χ0) is 12.1. The second-order valence-electron chi connectivity index (χ2n) is 4.42. The van der Waals surface area contributed by atoms with Gasteiger partial charge in [-0.3, -0.25) is 9.69 Å². The highest BCUT2D eigenvalue weighted by Gasteiger charge is 2.10. The van der Waals surface area contributed by atoms with Gasteiger partial charge in [-0.15, -0.1) is 0 Å². The second-order valence-corrected chi connectivity index (χ2v) is 4.42. The van der Waals surface area contributed by atoms with Gasteiger partial charge in [-0.2, -0.15) is 0 Å². The fourth-order valence-corrected chi connectivity index (χ4v) is 1.45. The Labute approximate surface area is 96.1 Å². The molecule has 0 atom stereocenters. The summed E-state index contributed by atoms with van der Waals surface area (Å²) < 4.78 is 12.9. The molecule has 0 N–H and O–H groups in total. The molecule has 0 aliphatic heterocycles. The molecule has 1 aromatic rings. The predicted octanol–water partition coefficient (Wildman–Crippen LogP) is 2.48. The smallest absolute Gasteiger partial charge is 0.149 e. The minimum absolute atomic E-state index is 0.0509. The van der Waals surface area contributed by atoms with E-state index < -0.39 is 0 Å². The molecular weight excluding hydrogens is 205 g/mol. The first-order chi connectivity index (χ1) is 7.49. The van der Waals surface area contributed by atoms with Gasteiger partial charge in [0.05, 0.1) is 6.54 Å². The molecule has 0 aliphatic rings. The second kappa shape index (κ2) is 5.75. The Morgan fingerprint density at radius 3 is 2.69 bits per heavy atom. The molecule has 2 nitrogen and oxygen atoms in total. The highest BCUT2D eigenvalue weighted by Crippen LogP contribution is 2.07. The summed E-state index contributed by atoms with van der Waals surface area (Å²) >= 11 is 0. The van der Waals surface area contributed by atoms with Crippen molar-refractivity contribution in [1.82, 2.24) is 4.90 Å². The molecule has 0 aromatic heterocycles. The lowest BCUT2D eigenvalue weighted by Gasteiger charge is -2.17. The molecule has 0 saturated carbocycles. The van der Waals surface area contributed by atoms with Crippen LogP contribution in [0.2, 0.25) is 0 Å². The van der Waals surface area contributed by atoms with Crippen LogP contribution < -0.4 is 0 Å². The standard InChI is InChI=1S/C13H18FNO/c1-10(2)13(16)9-15(3)8-11-5-4-6-12(14)7-11/h4-7,10H,8-9H2,1-3H3. The predicted molar refractivity (Wildman–Crippen MR) is 62.6 cm³/mol. The van der Waals surface area contributed by atoms with Crippen molar-refractivity contribution in [2.75, 3.05) is 13.6 Å². The lowest BCUT2D eigenvalue weighted by molar-refractivity contribution is -0.122. The number of rotatable bonds is 5. The minimum Gasteiger partial charge on any atom is -0.298 e. The summed E-state index contributed by atoms with van der Waals surface area (Å²) in [5.41, 5.74) is 0.888. The number of carbonyl (C=O) groups is 1. The number of hydrogen-bond donors (Lipinski definition) is 0. The maximum Gasteiger partial charge on any atom is 0.149 e. The zero-order valence-electron chi connectivity index (χ0n) is 10.0. The highest BCUT2D eigenvalue weighted by atomic mass is 19.1. The van der Waals surface area contributed by atoms with Gasteiger partial charge in [-0.05, 0) is 24.7 Å². The van der Waals surface area contributed by atoms with E-state index in [1.165, 1.54) is 12.1 Å². The summed E-state index contributed by atoms with van der Waals surface area (Å²) in [5, 5.41) is 0. The summed E-state index contributed by atoms with van der Waals surface area (Å²) in [6.07, 6.45) is 0. The van der Waals surface area contributed by atoms with Gasteiger partial charge >= 0.3 is 0 Å². The lowest BCUT2D eigenvalue weighted by Crippen LogP contribution is -2.28. The molecule has 0 spiro atoms. The summed E-state index contributed by atoms with van der Waals surface area (Å²) in [4.78, 5) is 13.4. The average molecular weight is 223 g/mol. The Morgan fingerprint density at radius 2 is 2.12 bits per heavy atom. The molecule has 0 fully saturated rings. The minimum atomic E-state index is -0.235. The number of hydrogen-bond acceptors (Lipinski definition) is 2. The van der Waals surface area contributed by atoms with Crippen LogP contribution in [0.5, 0.6) is 0 Å². The third kappa shape index (κ3) is 4.11. The molecule has 0 aliphatic carbocycles. The van der Waals surface area contributed by atoms with Crippen LogP contribution in [0.3, 0.4) is 0 Å². The quantitative estimate of drug-likeness (QED) is 0.764. The third-order valence-electron chi connectivity index (χ3n) is 2.41. The molecule has 0 radical (unpaired) electrons. The van der Waals surface area contributed by atoms with Crippen LogP contribution in [-0.2, 0) is 11.3 Å². The first-order valence-electron chi connectivity index (χ1n) is 5.44. The number of nitrogens with zero attached hydrogens (tertiary/aromatic N) is 1. The average Bonchev–Trinajstić information content (AvgIpc) is 2.16. The molecule has 1 rings (SSSR count). The fourth-order valence-electron chi connectivity index (χ4n) is 1.45. The molecule has 88 valence electrons. The summed E-state index contributed by atoms with van der Waals surface area (Å²) in [7, 11) is 1.87. The molecule has 0 unspecified atom stereocenters. The van der Waals surface area contributed by atoms with Crippen LogP contribution in [0.1, 0.15) is 19.4 Å². The topological polar surface area (TPSA) is 20.3 Å². The zero-order valence-corrected chi connectivity index (χ0v) is 10.0. The molecule has 0 amide bonds. The van der Waals surface area contributed by atoms with Gasteiger partial charge in [0.1, 0.15) is 11.6 Å². The van der Waals surface area contributed by atoms with Crippen LogP contribution in [0.15, 0.2) is 24.3 Å². The Hall–Kier alpha value is -1.22.